The molecule has 1 aliphatic carbocycles. The fourth-order valence-electron chi connectivity index (χ4n) is 2.40. The van der Waals surface area contributed by atoms with Crippen molar-refractivity contribution in [1.29, 1.82) is 0 Å². The first-order valence-corrected chi connectivity index (χ1v) is 7.31. The number of nitrogens with zero attached hydrogens (tertiary/aromatic N) is 1. The van der Waals surface area contributed by atoms with Crippen LogP contribution in [0.4, 0.5) is 5.69 Å². The number of non-ortho nitro benzene ring substituents is 1. The molecule has 1 N–H and O–H groups in total. The van der Waals surface area contributed by atoms with E-state index in [0.717, 1.165) is 19.4 Å². The Hall–Kier alpha value is -1.37. The third-order valence-corrected chi connectivity index (χ3v) is 3.89. The number of hydrogen-bond donors (Lipinski definition) is 1. The molecule has 0 heterocycles. The standard InChI is InChI=1S/C14H19ClN2O4/c1-3-6-16-11-8-13(14(11)20-2)21-12-7-9(17(18)19)4-5-10(12)15/h4-5,7,11,13-14,16H,3,6,8H2,1-2H3. The number of ether oxygens (including phenoxy) is 2. The molecule has 0 bridgehead atoms. The van der Waals surface area contributed by atoms with Gasteiger partial charge in [0.25, 0.3) is 5.69 Å². The van der Waals surface area contributed by atoms with E-state index in [1.54, 1.807) is 7.11 Å². The second-order valence-corrected chi connectivity index (χ2v) is 5.43. The van der Waals surface area contributed by atoms with Crippen molar-refractivity contribution in [3.63, 3.8) is 0 Å². The SMILES string of the molecule is CCCNC1CC(Oc2cc([N+](=O)[O-])ccc2Cl)C1OC. The molecule has 0 aliphatic heterocycles. The Balaban J connectivity index is 2.02. The van der Waals surface area contributed by atoms with Crippen LogP contribution in [-0.2, 0) is 4.74 Å². The van der Waals surface area contributed by atoms with E-state index in [9.17, 15) is 10.1 Å². The van der Waals surface area contributed by atoms with Gasteiger partial charge in [0.1, 0.15) is 18.0 Å². The number of hydrogen-bond acceptors (Lipinski definition) is 5. The molecule has 0 spiro atoms. The van der Waals surface area contributed by atoms with Crippen LogP contribution < -0.4 is 10.1 Å². The molecule has 7 heteroatoms. The topological polar surface area (TPSA) is 73.6 Å². The largest absolute Gasteiger partial charge is 0.486 e. The zero-order valence-electron chi connectivity index (χ0n) is 12.0. The second-order valence-electron chi connectivity index (χ2n) is 5.02. The zero-order valence-corrected chi connectivity index (χ0v) is 12.8. The van der Waals surface area contributed by atoms with Crippen molar-refractivity contribution in [3.8, 4) is 5.75 Å². The molecule has 0 amide bonds. The Morgan fingerprint density at radius 2 is 2.29 bits per heavy atom. The first kappa shape index (κ1) is 16.0. The summed E-state index contributed by atoms with van der Waals surface area (Å²) in [5, 5.41) is 14.5. The Morgan fingerprint density at radius 3 is 2.90 bits per heavy atom. The van der Waals surface area contributed by atoms with E-state index in [0.29, 0.717) is 10.8 Å². The van der Waals surface area contributed by atoms with E-state index in [1.165, 1.54) is 18.2 Å². The average molecular weight is 315 g/mol. The molecule has 0 aromatic heterocycles. The lowest BCUT2D eigenvalue weighted by Gasteiger charge is -2.43. The van der Waals surface area contributed by atoms with Crippen LogP contribution in [0.25, 0.3) is 0 Å². The minimum absolute atomic E-state index is 0.0386. The molecule has 0 radical (unpaired) electrons. The van der Waals surface area contributed by atoms with Gasteiger partial charge in [0.15, 0.2) is 0 Å². The minimum Gasteiger partial charge on any atom is -0.486 e. The summed E-state index contributed by atoms with van der Waals surface area (Å²) in [7, 11) is 1.63. The highest BCUT2D eigenvalue weighted by Gasteiger charge is 2.43. The van der Waals surface area contributed by atoms with Crippen molar-refractivity contribution < 1.29 is 14.4 Å². The maximum Gasteiger partial charge on any atom is 0.273 e. The lowest BCUT2D eigenvalue weighted by molar-refractivity contribution is -0.385. The van der Waals surface area contributed by atoms with Crippen molar-refractivity contribution in [1.82, 2.24) is 5.32 Å². The van der Waals surface area contributed by atoms with Crippen molar-refractivity contribution in [2.24, 2.45) is 0 Å². The van der Waals surface area contributed by atoms with Gasteiger partial charge in [-0.15, -0.1) is 0 Å². The summed E-state index contributed by atoms with van der Waals surface area (Å²) < 4.78 is 11.2. The molecule has 3 atom stereocenters. The molecule has 2 rings (SSSR count). The first-order chi connectivity index (χ1) is 10.1. The summed E-state index contributed by atoms with van der Waals surface area (Å²) in [5.74, 6) is 0.326. The quantitative estimate of drug-likeness (QED) is 0.619. The number of nitro groups is 1. The maximum atomic E-state index is 10.8. The van der Waals surface area contributed by atoms with Crippen LogP contribution >= 0.6 is 11.6 Å². The van der Waals surface area contributed by atoms with E-state index in [1.807, 2.05) is 0 Å². The molecule has 1 aromatic rings. The third kappa shape index (κ3) is 3.64. The summed E-state index contributed by atoms with van der Waals surface area (Å²) in [5.41, 5.74) is -0.0386. The molecular weight excluding hydrogens is 296 g/mol. The lowest BCUT2D eigenvalue weighted by Crippen LogP contribution is -2.61. The lowest BCUT2D eigenvalue weighted by atomic mass is 9.85. The van der Waals surface area contributed by atoms with Gasteiger partial charge in [0.2, 0.25) is 0 Å². The second kappa shape index (κ2) is 7.06. The number of methoxy groups -OCH3 is 1. The fourth-order valence-corrected chi connectivity index (χ4v) is 2.56. The van der Waals surface area contributed by atoms with E-state index in [-0.39, 0.29) is 23.9 Å². The van der Waals surface area contributed by atoms with Gasteiger partial charge >= 0.3 is 0 Å². The molecule has 1 aliphatic rings. The number of benzene rings is 1. The summed E-state index contributed by atoms with van der Waals surface area (Å²) in [6.07, 6.45) is 1.61. The van der Waals surface area contributed by atoms with Gasteiger partial charge in [-0.1, -0.05) is 18.5 Å². The van der Waals surface area contributed by atoms with E-state index < -0.39 is 4.92 Å². The monoisotopic (exact) mass is 314 g/mol. The van der Waals surface area contributed by atoms with Crippen LogP contribution in [0.1, 0.15) is 19.8 Å². The number of halogens is 1. The first-order valence-electron chi connectivity index (χ1n) is 6.93. The van der Waals surface area contributed by atoms with Crippen LogP contribution in [0.2, 0.25) is 5.02 Å². The molecule has 21 heavy (non-hydrogen) atoms. The molecular formula is C14H19ClN2O4. The van der Waals surface area contributed by atoms with Gasteiger partial charge in [0.05, 0.1) is 16.0 Å². The van der Waals surface area contributed by atoms with Gasteiger partial charge < -0.3 is 14.8 Å². The molecule has 1 fully saturated rings. The van der Waals surface area contributed by atoms with Crippen molar-refractivity contribution in [2.45, 2.75) is 38.0 Å². The van der Waals surface area contributed by atoms with Gasteiger partial charge in [0, 0.05) is 25.6 Å². The predicted octanol–water partition coefficient (Wildman–Crippen LogP) is 2.78. The van der Waals surface area contributed by atoms with Gasteiger partial charge in [-0.2, -0.15) is 0 Å². The van der Waals surface area contributed by atoms with E-state index in [4.69, 9.17) is 21.1 Å². The molecule has 3 unspecified atom stereocenters. The van der Waals surface area contributed by atoms with Gasteiger partial charge in [-0.05, 0) is 19.0 Å². The predicted molar refractivity (Wildman–Crippen MR) is 80.0 cm³/mol. The van der Waals surface area contributed by atoms with Crippen LogP contribution in [0.15, 0.2) is 18.2 Å². The van der Waals surface area contributed by atoms with Gasteiger partial charge in [-0.3, -0.25) is 10.1 Å². The van der Waals surface area contributed by atoms with E-state index >= 15 is 0 Å². The smallest absolute Gasteiger partial charge is 0.273 e. The maximum absolute atomic E-state index is 10.8. The summed E-state index contributed by atoms with van der Waals surface area (Å²) in [6, 6.07) is 4.43. The molecule has 116 valence electrons. The Bertz CT molecular complexity index is 512. The third-order valence-electron chi connectivity index (χ3n) is 3.58. The molecule has 1 saturated carbocycles. The molecule has 1 aromatic carbocycles. The Morgan fingerprint density at radius 1 is 1.52 bits per heavy atom. The van der Waals surface area contributed by atoms with Crippen LogP contribution in [-0.4, -0.2) is 36.8 Å². The number of rotatable bonds is 7. The van der Waals surface area contributed by atoms with Crippen LogP contribution in [0.3, 0.4) is 0 Å². The highest BCUT2D eigenvalue weighted by atomic mass is 35.5. The fraction of sp³-hybridized carbons (Fsp3) is 0.571. The zero-order chi connectivity index (χ0) is 15.4. The van der Waals surface area contributed by atoms with E-state index in [2.05, 4.69) is 12.2 Å². The van der Waals surface area contributed by atoms with Gasteiger partial charge in [-0.25, -0.2) is 0 Å². The van der Waals surface area contributed by atoms with Crippen molar-refractivity contribution >= 4 is 17.3 Å². The molecule has 0 saturated heterocycles. The minimum atomic E-state index is -0.469. The normalized spacial score (nSPS) is 24.4. The highest BCUT2D eigenvalue weighted by molar-refractivity contribution is 6.32. The number of nitrogens with one attached hydrogen (secondary N) is 1. The van der Waals surface area contributed by atoms with Crippen LogP contribution in [0, 0.1) is 10.1 Å². The Kier molecular flexibility index (Phi) is 5.39. The van der Waals surface area contributed by atoms with Crippen molar-refractivity contribution in [3.05, 3.63) is 33.3 Å². The summed E-state index contributed by atoms with van der Waals surface area (Å²) in [6.45, 7) is 3.03. The summed E-state index contributed by atoms with van der Waals surface area (Å²) >= 11 is 6.03. The van der Waals surface area contributed by atoms with Crippen molar-refractivity contribution in [2.75, 3.05) is 13.7 Å². The van der Waals surface area contributed by atoms with Crippen LogP contribution in [0.5, 0.6) is 5.75 Å². The average Bonchev–Trinajstić information content (AvgIpc) is 2.43. The summed E-state index contributed by atoms with van der Waals surface area (Å²) in [4.78, 5) is 10.3. The number of nitro benzene ring substituents is 1. The highest BCUT2D eigenvalue weighted by Crippen LogP contribution is 2.34. The Labute approximate surface area is 128 Å². The molecule has 6 nitrogen and oxygen atoms in total.